The second-order valence-corrected chi connectivity index (χ2v) is 8.02. The van der Waals surface area contributed by atoms with E-state index in [1.807, 2.05) is 24.3 Å². The van der Waals surface area contributed by atoms with Gasteiger partial charge in [-0.25, -0.2) is 8.42 Å². The number of hydrogen-bond acceptors (Lipinski definition) is 4. The second-order valence-electron chi connectivity index (χ2n) is 5.71. The summed E-state index contributed by atoms with van der Waals surface area (Å²) in [4.78, 5) is 2.19. The highest BCUT2D eigenvalue weighted by atomic mass is 32.2. The van der Waals surface area contributed by atoms with E-state index in [1.54, 1.807) is 0 Å². The lowest BCUT2D eigenvalue weighted by atomic mass is 10.0. The zero-order valence-corrected chi connectivity index (χ0v) is 13.2. The fourth-order valence-electron chi connectivity index (χ4n) is 2.72. The summed E-state index contributed by atoms with van der Waals surface area (Å²) in [5.74, 6) is 0.539. The summed E-state index contributed by atoms with van der Waals surface area (Å²) >= 11 is 0. The summed E-state index contributed by atoms with van der Waals surface area (Å²) < 4.78 is 22.9. The Labute approximate surface area is 131 Å². The molecule has 0 unspecified atom stereocenters. The second kappa shape index (κ2) is 6.10. The molecular weight excluding hydrogens is 296 g/mol. The van der Waals surface area contributed by atoms with Crippen LogP contribution >= 0.6 is 0 Å². The maximum atomic E-state index is 11.4. The lowest BCUT2D eigenvalue weighted by Gasteiger charge is -2.26. The van der Waals surface area contributed by atoms with E-state index in [2.05, 4.69) is 29.2 Å². The van der Waals surface area contributed by atoms with Crippen molar-refractivity contribution in [1.29, 1.82) is 0 Å². The van der Waals surface area contributed by atoms with Crippen molar-refractivity contribution in [2.24, 2.45) is 0 Å². The van der Waals surface area contributed by atoms with Gasteiger partial charge in [0.25, 0.3) is 0 Å². The highest BCUT2D eigenvalue weighted by Crippen LogP contribution is 2.25. The van der Waals surface area contributed by atoms with Gasteiger partial charge in [0.05, 0.1) is 11.5 Å². The molecule has 0 bridgehead atoms. The summed E-state index contributed by atoms with van der Waals surface area (Å²) in [6.45, 7) is 2.03. The molecule has 2 N–H and O–H groups in total. The maximum absolute atomic E-state index is 11.4. The standard InChI is InChI=1S/C17H20N2O2S/c18-17-4-2-1-3-16(17)15-7-5-14(6-8-15)13-19-9-11-22(20,21)12-10-19/h1-8H,9-13,18H2. The molecule has 4 nitrogen and oxygen atoms in total. The smallest absolute Gasteiger partial charge is 0.152 e. The number of nitrogens with zero attached hydrogens (tertiary/aromatic N) is 1. The van der Waals surface area contributed by atoms with Crippen molar-refractivity contribution in [3.05, 3.63) is 54.1 Å². The third-order valence-corrected chi connectivity index (χ3v) is 5.68. The largest absolute Gasteiger partial charge is 0.398 e. The third-order valence-electron chi connectivity index (χ3n) is 4.07. The molecule has 0 saturated carbocycles. The van der Waals surface area contributed by atoms with Crippen LogP contribution in [0.5, 0.6) is 0 Å². The van der Waals surface area contributed by atoms with Gasteiger partial charge in [0.2, 0.25) is 0 Å². The van der Waals surface area contributed by atoms with E-state index in [-0.39, 0.29) is 11.5 Å². The monoisotopic (exact) mass is 316 g/mol. The first-order valence-corrected chi connectivity index (χ1v) is 9.22. The fraction of sp³-hybridized carbons (Fsp3) is 0.294. The van der Waals surface area contributed by atoms with Crippen LogP contribution in [0.15, 0.2) is 48.5 Å². The van der Waals surface area contributed by atoms with Gasteiger partial charge < -0.3 is 5.73 Å². The Bertz CT molecular complexity index is 740. The van der Waals surface area contributed by atoms with Crippen molar-refractivity contribution in [1.82, 2.24) is 4.90 Å². The van der Waals surface area contributed by atoms with Crippen molar-refractivity contribution >= 4 is 15.5 Å². The molecule has 0 radical (unpaired) electrons. The number of benzene rings is 2. The Kier molecular flexibility index (Phi) is 4.18. The molecule has 0 aliphatic carbocycles. The Morgan fingerprint density at radius 3 is 2.23 bits per heavy atom. The van der Waals surface area contributed by atoms with Gasteiger partial charge >= 0.3 is 0 Å². The van der Waals surface area contributed by atoms with E-state index < -0.39 is 9.84 Å². The number of nitrogens with two attached hydrogens (primary N) is 1. The van der Waals surface area contributed by atoms with Crippen LogP contribution in [-0.4, -0.2) is 37.9 Å². The zero-order chi connectivity index (χ0) is 15.6. The number of nitrogen functional groups attached to an aromatic ring is 1. The van der Waals surface area contributed by atoms with Crippen LogP contribution in [-0.2, 0) is 16.4 Å². The van der Waals surface area contributed by atoms with E-state index >= 15 is 0 Å². The molecule has 116 valence electrons. The van der Waals surface area contributed by atoms with Crippen LogP contribution in [0.1, 0.15) is 5.56 Å². The minimum atomic E-state index is -2.81. The molecule has 1 saturated heterocycles. The van der Waals surface area contributed by atoms with Gasteiger partial charge in [-0.05, 0) is 17.2 Å². The Morgan fingerprint density at radius 1 is 0.955 bits per heavy atom. The molecule has 2 aromatic rings. The molecule has 1 aliphatic heterocycles. The molecule has 0 amide bonds. The van der Waals surface area contributed by atoms with E-state index in [1.165, 1.54) is 5.56 Å². The third kappa shape index (κ3) is 3.48. The zero-order valence-electron chi connectivity index (χ0n) is 12.4. The highest BCUT2D eigenvalue weighted by Gasteiger charge is 2.21. The number of para-hydroxylation sites is 1. The van der Waals surface area contributed by atoms with Crippen LogP contribution in [0, 0.1) is 0 Å². The van der Waals surface area contributed by atoms with E-state index in [4.69, 9.17) is 5.73 Å². The molecule has 0 atom stereocenters. The SMILES string of the molecule is Nc1ccccc1-c1ccc(CN2CCS(=O)(=O)CC2)cc1. The first-order chi connectivity index (χ1) is 10.5. The molecule has 1 aliphatic rings. The minimum Gasteiger partial charge on any atom is -0.398 e. The maximum Gasteiger partial charge on any atom is 0.152 e. The molecule has 3 rings (SSSR count). The van der Waals surface area contributed by atoms with Crippen LogP contribution in [0.25, 0.3) is 11.1 Å². The normalized spacial score (nSPS) is 18.2. The van der Waals surface area contributed by atoms with Crippen molar-refractivity contribution in [2.75, 3.05) is 30.3 Å². The minimum absolute atomic E-state index is 0.269. The molecule has 22 heavy (non-hydrogen) atoms. The molecule has 5 heteroatoms. The highest BCUT2D eigenvalue weighted by molar-refractivity contribution is 7.91. The first kappa shape index (κ1) is 15.1. The van der Waals surface area contributed by atoms with Gasteiger partial charge in [0.15, 0.2) is 9.84 Å². The predicted octanol–water partition coefficient (Wildman–Crippen LogP) is 2.17. The average molecular weight is 316 g/mol. The van der Waals surface area contributed by atoms with Crippen molar-refractivity contribution in [3.63, 3.8) is 0 Å². The Hall–Kier alpha value is -1.85. The van der Waals surface area contributed by atoms with Gasteiger partial charge in [0.1, 0.15) is 0 Å². The quantitative estimate of drug-likeness (QED) is 0.882. The molecule has 0 spiro atoms. The summed E-state index contributed by atoms with van der Waals surface area (Å²) in [6, 6.07) is 16.1. The van der Waals surface area contributed by atoms with Crippen LogP contribution in [0.4, 0.5) is 5.69 Å². The van der Waals surface area contributed by atoms with E-state index in [0.29, 0.717) is 13.1 Å². The van der Waals surface area contributed by atoms with Crippen molar-refractivity contribution < 1.29 is 8.42 Å². The van der Waals surface area contributed by atoms with Crippen LogP contribution < -0.4 is 5.73 Å². The number of anilines is 1. The van der Waals surface area contributed by atoms with Crippen LogP contribution in [0.3, 0.4) is 0 Å². The lowest BCUT2D eigenvalue weighted by molar-refractivity contribution is 0.287. The van der Waals surface area contributed by atoms with Gasteiger partial charge in [-0.1, -0.05) is 42.5 Å². The first-order valence-electron chi connectivity index (χ1n) is 7.40. The lowest BCUT2D eigenvalue weighted by Crippen LogP contribution is -2.39. The van der Waals surface area contributed by atoms with E-state index in [9.17, 15) is 8.42 Å². The number of rotatable bonds is 3. The van der Waals surface area contributed by atoms with Crippen molar-refractivity contribution in [3.8, 4) is 11.1 Å². The summed E-state index contributed by atoms with van der Waals surface area (Å²) in [5.41, 5.74) is 10.1. The molecule has 2 aromatic carbocycles. The van der Waals surface area contributed by atoms with Gasteiger partial charge in [-0.15, -0.1) is 0 Å². The van der Waals surface area contributed by atoms with Gasteiger partial charge in [-0.2, -0.15) is 0 Å². The Morgan fingerprint density at radius 2 is 1.59 bits per heavy atom. The summed E-state index contributed by atoms with van der Waals surface area (Å²) in [7, 11) is -2.81. The predicted molar refractivity (Wildman–Crippen MR) is 90.2 cm³/mol. The topological polar surface area (TPSA) is 63.4 Å². The summed E-state index contributed by atoms with van der Waals surface area (Å²) in [5, 5.41) is 0. The van der Waals surface area contributed by atoms with Gasteiger partial charge in [0, 0.05) is 30.9 Å². The molecule has 1 heterocycles. The molecular formula is C17H20N2O2S. The summed E-state index contributed by atoms with van der Waals surface area (Å²) in [6.07, 6.45) is 0. The van der Waals surface area contributed by atoms with E-state index in [0.717, 1.165) is 23.4 Å². The average Bonchev–Trinajstić information content (AvgIpc) is 2.51. The van der Waals surface area contributed by atoms with Crippen LogP contribution in [0.2, 0.25) is 0 Å². The van der Waals surface area contributed by atoms with Crippen molar-refractivity contribution in [2.45, 2.75) is 6.54 Å². The fourth-order valence-corrected chi connectivity index (χ4v) is 3.99. The number of hydrogen-bond donors (Lipinski definition) is 1. The van der Waals surface area contributed by atoms with Gasteiger partial charge in [-0.3, -0.25) is 4.90 Å². The molecule has 0 aromatic heterocycles. The number of sulfone groups is 1. The Balaban J connectivity index is 1.69. The molecule has 1 fully saturated rings.